The molecule has 2 aliphatic heterocycles. The molecule has 1 fully saturated rings. The van der Waals surface area contributed by atoms with Crippen LogP contribution in [-0.4, -0.2) is 35.9 Å². The minimum absolute atomic E-state index is 0.00501. The summed E-state index contributed by atoms with van der Waals surface area (Å²) in [5, 5.41) is 2.82. The Labute approximate surface area is 124 Å². The molecule has 1 atom stereocenters. The van der Waals surface area contributed by atoms with E-state index in [4.69, 9.17) is 4.74 Å². The number of hydrogen-bond donors (Lipinski definition) is 1. The van der Waals surface area contributed by atoms with E-state index in [9.17, 15) is 9.59 Å². The van der Waals surface area contributed by atoms with Crippen molar-refractivity contribution in [2.24, 2.45) is 0 Å². The highest BCUT2D eigenvalue weighted by molar-refractivity contribution is 6.00. The quantitative estimate of drug-likeness (QED) is 0.906. The van der Waals surface area contributed by atoms with Gasteiger partial charge in [-0.25, -0.2) is 0 Å². The number of hydrogen-bond acceptors (Lipinski definition) is 3. The predicted octanol–water partition coefficient (Wildman–Crippen LogP) is 2.10. The molecule has 112 valence electrons. The van der Waals surface area contributed by atoms with Crippen molar-refractivity contribution in [3.63, 3.8) is 0 Å². The summed E-state index contributed by atoms with van der Waals surface area (Å²) in [6.07, 6.45) is 2.65. The van der Waals surface area contributed by atoms with E-state index >= 15 is 0 Å². The van der Waals surface area contributed by atoms with Gasteiger partial charge >= 0.3 is 0 Å². The van der Waals surface area contributed by atoms with Gasteiger partial charge in [0.25, 0.3) is 5.91 Å². The number of amides is 2. The second-order valence-corrected chi connectivity index (χ2v) is 5.74. The van der Waals surface area contributed by atoms with Crippen LogP contribution in [0.15, 0.2) is 18.2 Å². The molecule has 21 heavy (non-hydrogen) atoms. The smallest absolute Gasteiger partial charge is 0.266 e. The first kappa shape index (κ1) is 13.9. The van der Waals surface area contributed by atoms with Gasteiger partial charge in [0.1, 0.15) is 5.75 Å². The first-order valence-corrected chi connectivity index (χ1v) is 7.49. The lowest BCUT2D eigenvalue weighted by molar-refractivity contribution is -0.137. The number of carbonyl (C=O) groups excluding carboxylic acids is 2. The molecule has 0 saturated carbocycles. The van der Waals surface area contributed by atoms with Crippen LogP contribution in [0.4, 0.5) is 5.69 Å². The molecule has 1 saturated heterocycles. The molecule has 0 radical (unpaired) electrons. The number of likely N-dealkylation sites (tertiary alicyclic amines) is 1. The maximum absolute atomic E-state index is 12.2. The summed E-state index contributed by atoms with van der Waals surface area (Å²) in [6, 6.07) is 5.64. The summed E-state index contributed by atoms with van der Waals surface area (Å²) in [5.74, 6) is 0.403. The predicted molar refractivity (Wildman–Crippen MR) is 79.3 cm³/mol. The highest BCUT2D eigenvalue weighted by Crippen LogP contribution is 2.31. The van der Waals surface area contributed by atoms with Gasteiger partial charge < -0.3 is 15.0 Å². The van der Waals surface area contributed by atoms with Gasteiger partial charge in [0.2, 0.25) is 5.91 Å². The van der Waals surface area contributed by atoms with Crippen LogP contribution in [0.2, 0.25) is 0 Å². The van der Waals surface area contributed by atoms with E-state index in [-0.39, 0.29) is 18.2 Å². The molecule has 5 nitrogen and oxygen atoms in total. The number of ether oxygens (including phenoxy) is 1. The number of benzene rings is 1. The number of fused-ring (bicyclic) bond motifs is 1. The van der Waals surface area contributed by atoms with Gasteiger partial charge in [-0.05, 0) is 43.9 Å². The minimum atomic E-state index is -0.727. The summed E-state index contributed by atoms with van der Waals surface area (Å²) in [4.78, 5) is 26.2. The van der Waals surface area contributed by atoms with Crippen molar-refractivity contribution >= 4 is 17.5 Å². The molecule has 1 aromatic rings. The minimum Gasteiger partial charge on any atom is -0.478 e. The lowest BCUT2D eigenvalue weighted by Crippen LogP contribution is -2.43. The number of rotatable bonds is 2. The monoisotopic (exact) mass is 288 g/mol. The van der Waals surface area contributed by atoms with E-state index in [1.165, 1.54) is 6.42 Å². The summed E-state index contributed by atoms with van der Waals surface area (Å²) >= 11 is 0. The number of piperidine rings is 1. The molecule has 1 aromatic carbocycles. The lowest BCUT2D eigenvalue weighted by Gasteiger charge is -2.30. The Hall–Kier alpha value is -2.04. The average molecular weight is 288 g/mol. The van der Waals surface area contributed by atoms with Gasteiger partial charge in [-0.3, -0.25) is 9.59 Å². The SMILES string of the molecule is Cc1ccc2c(c1)NC(=O)C(CC(=O)N1CCCCC1)O2. The number of nitrogens with one attached hydrogen (secondary N) is 1. The van der Waals surface area contributed by atoms with Crippen molar-refractivity contribution in [3.8, 4) is 5.75 Å². The van der Waals surface area contributed by atoms with Crippen LogP contribution in [0.25, 0.3) is 0 Å². The van der Waals surface area contributed by atoms with Crippen molar-refractivity contribution in [1.29, 1.82) is 0 Å². The Morgan fingerprint density at radius 2 is 2.10 bits per heavy atom. The maximum atomic E-state index is 12.2. The topological polar surface area (TPSA) is 58.6 Å². The van der Waals surface area contributed by atoms with Gasteiger partial charge in [-0.1, -0.05) is 6.07 Å². The van der Waals surface area contributed by atoms with E-state index < -0.39 is 6.10 Å². The van der Waals surface area contributed by atoms with Crippen molar-refractivity contribution in [2.75, 3.05) is 18.4 Å². The molecule has 5 heteroatoms. The van der Waals surface area contributed by atoms with E-state index in [1.807, 2.05) is 30.0 Å². The Morgan fingerprint density at radius 3 is 2.86 bits per heavy atom. The van der Waals surface area contributed by atoms with Crippen LogP contribution < -0.4 is 10.1 Å². The zero-order valence-corrected chi connectivity index (χ0v) is 12.2. The van der Waals surface area contributed by atoms with E-state index in [0.717, 1.165) is 31.5 Å². The molecule has 2 amide bonds. The van der Waals surface area contributed by atoms with Crippen LogP contribution in [-0.2, 0) is 9.59 Å². The Morgan fingerprint density at radius 1 is 1.33 bits per heavy atom. The molecule has 1 unspecified atom stereocenters. The van der Waals surface area contributed by atoms with Crippen LogP contribution in [0.3, 0.4) is 0 Å². The van der Waals surface area contributed by atoms with Gasteiger partial charge in [0.05, 0.1) is 12.1 Å². The fourth-order valence-electron chi connectivity index (χ4n) is 2.83. The van der Waals surface area contributed by atoms with Crippen LogP contribution in [0.5, 0.6) is 5.75 Å². The third-order valence-corrected chi connectivity index (χ3v) is 4.02. The fraction of sp³-hybridized carbons (Fsp3) is 0.500. The van der Waals surface area contributed by atoms with Crippen molar-refractivity contribution in [1.82, 2.24) is 4.90 Å². The highest BCUT2D eigenvalue weighted by atomic mass is 16.5. The average Bonchev–Trinajstić information content (AvgIpc) is 2.49. The molecule has 3 rings (SSSR count). The van der Waals surface area contributed by atoms with Crippen molar-refractivity contribution < 1.29 is 14.3 Å². The molecule has 0 aromatic heterocycles. The number of carbonyl (C=O) groups is 2. The van der Waals surface area contributed by atoms with Crippen LogP contribution in [0.1, 0.15) is 31.2 Å². The zero-order chi connectivity index (χ0) is 14.8. The van der Waals surface area contributed by atoms with Gasteiger partial charge in [0, 0.05) is 13.1 Å². The Bertz CT molecular complexity index is 565. The Kier molecular flexibility index (Phi) is 3.82. The largest absolute Gasteiger partial charge is 0.478 e. The second kappa shape index (κ2) is 5.76. The van der Waals surface area contributed by atoms with Gasteiger partial charge in [0.15, 0.2) is 6.10 Å². The normalized spacial score (nSPS) is 21.3. The fourth-order valence-corrected chi connectivity index (χ4v) is 2.83. The van der Waals surface area contributed by atoms with Crippen molar-refractivity contribution in [3.05, 3.63) is 23.8 Å². The first-order chi connectivity index (χ1) is 10.1. The molecule has 0 bridgehead atoms. The Balaban J connectivity index is 1.67. The van der Waals surface area contributed by atoms with E-state index in [0.29, 0.717) is 11.4 Å². The maximum Gasteiger partial charge on any atom is 0.266 e. The molecule has 0 spiro atoms. The summed E-state index contributed by atoms with van der Waals surface area (Å²) < 4.78 is 5.70. The summed E-state index contributed by atoms with van der Waals surface area (Å²) in [6.45, 7) is 3.55. The van der Waals surface area contributed by atoms with Crippen LogP contribution in [0, 0.1) is 6.92 Å². The number of aryl methyl sites for hydroxylation is 1. The third kappa shape index (κ3) is 3.01. The highest BCUT2D eigenvalue weighted by Gasteiger charge is 2.31. The molecule has 0 aliphatic carbocycles. The van der Waals surface area contributed by atoms with E-state index in [1.54, 1.807) is 0 Å². The van der Waals surface area contributed by atoms with Gasteiger partial charge in [-0.15, -0.1) is 0 Å². The third-order valence-electron chi connectivity index (χ3n) is 4.02. The summed E-state index contributed by atoms with van der Waals surface area (Å²) in [5.41, 5.74) is 1.74. The molecule has 2 heterocycles. The lowest BCUT2D eigenvalue weighted by atomic mass is 10.1. The molecular formula is C16H20N2O3. The number of anilines is 1. The summed E-state index contributed by atoms with van der Waals surface area (Å²) in [7, 11) is 0. The van der Waals surface area contributed by atoms with Crippen LogP contribution >= 0.6 is 0 Å². The first-order valence-electron chi connectivity index (χ1n) is 7.49. The second-order valence-electron chi connectivity index (χ2n) is 5.74. The molecule has 1 N–H and O–H groups in total. The number of nitrogens with zero attached hydrogens (tertiary/aromatic N) is 1. The standard InChI is InChI=1S/C16H20N2O3/c1-11-5-6-13-12(9-11)17-16(20)14(21-13)10-15(19)18-7-3-2-4-8-18/h5-6,9,14H,2-4,7-8,10H2,1H3,(H,17,20). The zero-order valence-electron chi connectivity index (χ0n) is 12.2. The van der Waals surface area contributed by atoms with E-state index in [2.05, 4.69) is 5.32 Å². The van der Waals surface area contributed by atoms with Gasteiger partial charge in [-0.2, -0.15) is 0 Å². The molecule has 2 aliphatic rings. The molecular weight excluding hydrogens is 268 g/mol. The van der Waals surface area contributed by atoms with Crippen molar-refractivity contribution in [2.45, 2.75) is 38.7 Å².